The Balaban J connectivity index is 3.38. The summed E-state index contributed by atoms with van der Waals surface area (Å²) in [7, 11) is 6.36. The van der Waals surface area contributed by atoms with Gasteiger partial charge in [-0.2, -0.15) is 0 Å². The molecular formula is C7H2Cl4OS. The topological polar surface area (TPSA) is 17.1 Å². The molecule has 0 N–H and O–H groups in total. The fourth-order valence-electron chi connectivity index (χ4n) is 0.802. The highest BCUT2D eigenvalue weighted by Crippen LogP contribution is 2.34. The standard InChI is InChI=1S/C7H2Cl4OS/c8-3-1-4(9)6(7(10)12)5(2-3)13-11/h1-2H. The summed E-state index contributed by atoms with van der Waals surface area (Å²) in [5.74, 6) is 0. The van der Waals surface area contributed by atoms with Crippen molar-refractivity contribution in [3.8, 4) is 0 Å². The van der Waals surface area contributed by atoms with Crippen LogP contribution in [0.4, 0.5) is 0 Å². The summed E-state index contributed by atoms with van der Waals surface area (Å²) >= 11 is 16.7. The van der Waals surface area contributed by atoms with E-state index in [1.54, 1.807) is 0 Å². The molecule has 0 spiro atoms. The van der Waals surface area contributed by atoms with Gasteiger partial charge in [-0.25, -0.2) is 0 Å². The molecule has 70 valence electrons. The van der Waals surface area contributed by atoms with Crippen molar-refractivity contribution in [1.29, 1.82) is 0 Å². The Kier molecular flexibility index (Phi) is 4.20. The van der Waals surface area contributed by atoms with E-state index in [0.29, 0.717) is 9.92 Å². The van der Waals surface area contributed by atoms with Crippen molar-refractivity contribution in [3.05, 3.63) is 27.7 Å². The zero-order chi connectivity index (χ0) is 10.0. The molecule has 0 aliphatic rings. The van der Waals surface area contributed by atoms with E-state index in [1.165, 1.54) is 12.1 Å². The number of rotatable bonds is 2. The monoisotopic (exact) mass is 274 g/mol. The molecule has 0 saturated carbocycles. The molecule has 0 radical (unpaired) electrons. The third-order valence-electron chi connectivity index (χ3n) is 1.30. The number of benzene rings is 1. The highest BCUT2D eigenvalue weighted by Gasteiger charge is 2.14. The molecule has 0 saturated heterocycles. The van der Waals surface area contributed by atoms with Crippen LogP contribution in [0, 0.1) is 0 Å². The van der Waals surface area contributed by atoms with Gasteiger partial charge in [-0.3, -0.25) is 4.79 Å². The van der Waals surface area contributed by atoms with Gasteiger partial charge in [0.15, 0.2) is 0 Å². The van der Waals surface area contributed by atoms with Crippen LogP contribution in [0.25, 0.3) is 0 Å². The normalized spacial score (nSPS) is 10.2. The Labute approximate surface area is 98.8 Å². The van der Waals surface area contributed by atoms with Crippen LogP contribution in [-0.2, 0) is 0 Å². The lowest BCUT2D eigenvalue weighted by atomic mass is 10.2. The summed E-state index contributed by atoms with van der Waals surface area (Å²) < 4.78 is 0. The van der Waals surface area contributed by atoms with Gasteiger partial charge in [0.1, 0.15) is 0 Å². The van der Waals surface area contributed by atoms with Gasteiger partial charge < -0.3 is 0 Å². The largest absolute Gasteiger partial charge is 0.276 e. The van der Waals surface area contributed by atoms with E-state index in [4.69, 9.17) is 45.5 Å². The van der Waals surface area contributed by atoms with Crippen molar-refractivity contribution in [1.82, 2.24) is 0 Å². The van der Waals surface area contributed by atoms with Gasteiger partial charge in [0.2, 0.25) is 0 Å². The lowest BCUT2D eigenvalue weighted by Crippen LogP contribution is -1.93. The Morgan fingerprint density at radius 3 is 2.38 bits per heavy atom. The summed E-state index contributed by atoms with van der Waals surface area (Å²) in [6.45, 7) is 0. The van der Waals surface area contributed by atoms with E-state index in [1.807, 2.05) is 0 Å². The molecule has 1 rings (SSSR count). The Bertz CT molecular complexity index is 353. The molecule has 0 aromatic heterocycles. The van der Waals surface area contributed by atoms with E-state index >= 15 is 0 Å². The Hall–Kier alpha value is 0.400. The molecule has 0 atom stereocenters. The van der Waals surface area contributed by atoms with Gasteiger partial charge in [-0.1, -0.05) is 23.2 Å². The second-order valence-corrected chi connectivity index (χ2v) is 4.36. The van der Waals surface area contributed by atoms with E-state index in [2.05, 4.69) is 0 Å². The molecule has 0 fully saturated rings. The van der Waals surface area contributed by atoms with Crippen LogP contribution in [-0.4, -0.2) is 5.24 Å². The maximum absolute atomic E-state index is 10.9. The van der Waals surface area contributed by atoms with Crippen LogP contribution < -0.4 is 0 Å². The van der Waals surface area contributed by atoms with E-state index in [9.17, 15) is 4.79 Å². The molecule has 0 unspecified atom stereocenters. The fraction of sp³-hybridized carbons (Fsp3) is 0. The molecular weight excluding hydrogens is 274 g/mol. The fourth-order valence-corrected chi connectivity index (χ4v) is 2.63. The second kappa shape index (κ2) is 4.76. The lowest BCUT2D eigenvalue weighted by molar-refractivity contribution is 0.107. The minimum atomic E-state index is -0.648. The lowest BCUT2D eigenvalue weighted by Gasteiger charge is -2.04. The van der Waals surface area contributed by atoms with Gasteiger partial charge in [-0.05, 0) is 45.4 Å². The molecule has 0 aliphatic carbocycles. The number of hydrogen-bond donors (Lipinski definition) is 0. The average Bonchev–Trinajstić information content (AvgIpc) is 2.01. The summed E-state index contributed by atoms with van der Waals surface area (Å²) in [6, 6.07) is 2.97. The van der Waals surface area contributed by atoms with Gasteiger partial charge >= 0.3 is 0 Å². The molecule has 6 heteroatoms. The van der Waals surface area contributed by atoms with Crippen LogP contribution in [0.2, 0.25) is 10.0 Å². The van der Waals surface area contributed by atoms with Crippen molar-refractivity contribution in [2.45, 2.75) is 4.90 Å². The minimum Gasteiger partial charge on any atom is -0.276 e. The molecule has 0 aliphatic heterocycles. The van der Waals surface area contributed by atoms with Crippen molar-refractivity contribution in [2.24, 2.45) is 0 Å². The Morgan fingerprint density at radius 2 is 1.92 bits per heavy atom. The van der Waals surface area contributed by atoms with Crippen molar-refractivity contribution in [2.75, 3.05) is 0 Å². The SMILES string of the molecule is O=C(Cl)c1c(Cl)cc(Cl)cc1SCl. The minimum absolute atomic E-state index is 0.188. The van der Waals surface area contributed by atoms with E-state index in [0.717, 1.165) is 11.0 Å². The van der Waals surface area contributed by atoms with Crippen molar-refractivity contribution in [3.63, 3.8) is 0 Å². The Morgan fingerprint density at radius 1 is 1.31 bits per heavy atom. The first kappa shape index (κ1) is 11.5. The first-order chi connectivity index (χ1) is 6.06. The maximum atomic E-state index is 10.9. The van der Waals surface area contributed by atoms with Crippen molar-refractivity contribution < 1.29 is 4.79 Å². The number of carbonyl (C=O) groups excluding carboxylic acids is 1. The molecule has 1 nitrogen and oxygen atoms in total. The molecule has 13 heavy (non-hydrogen) atoms. The highest BCUT2D eigenvalue weighted by molar-refractivity contribution is 8.21. The smallest absolute Gasteiger partial charge is 0.255 e. The molecule has 0 amide bonds. The second-order valence-electron chi connectivity index (χ2n) is 2.11. The number of carbonyl (C=O) groups is 1. The number of halogens is 4. The zero-order valence-electron chi connectivity index (χ0n) is 5.98. The van der Waals surface area contributed by atoms with E-state index < -0.39 is 5.24 Å². The number of hydrogen-bond acceptors (Lipinski definition) is 2. The summed E-state index contributed by atoms with van der Waals surface area (Å²) in [5, 5.41) is -0.0321. The molecule has 1 aromatic carbocycles. The van der Waals surface area contributed by atoms with Gasteiger partial charge in [0, 0.05) is 9.92 Å². The van der Waals surface area contributed by atoms with Gasteiger partial charge in [0.05, 0.1) is 10.6 Å². The molecule has 0 bridgehead atoms. The van der Waals surface area contributed by atoms with Gasteiger partial charge in [-0.15, -0.1) is 0 Å². The van der Waals surface area contributed by atoms with Crippen LogP contribution in [0.5, 0.6) is 0 Å². The first-order valence-corrected chi connectivity index (χ1v) is 5.81. The highest BCUT2D eigenvalue weighted by atomic mass is 35.7. The zero-order valence-corrected chi connectivity index (χ0v) is 9.82. The summed E-state index contributed by atoms with van der Waals surface area (Å²) in [5.41, 5.74) is 0.188. The molecule has 1 aromatic rings. The predicted molar refractivity (Wildman–Crippen MR) is 58.4 cm³/mol. The van der Waals surface area contributed by atoms with Crippen LogP contribution in [0.1, 0.15) is 10.4 Å². The van der Waals surface area contributed by atoms with Gasteiger partial charge in [0.25, 0.3) is 5.24 Å². The average molecular weight is 276 g/mol. The van der Waals surface area contributed by atoms with E-state index in [-0.39, 0.29) is 10.6 Å². The maximum Gasteiger partial charge on any atom is 0.255 e. The van der Waals surface area contributed by atoms with Crippen molar-refractivity contribution >= 4 is 61.7 Å². The predicted octanol–water partition coefficient (Wildman–Crippen LogP) is 4.62. The summed E-state index contributed by atoms with van der Waals surface area (Å²) in [4.78, 5) is 11.4. The first-order valence-electron chi connectivity index (χ1n) is 3.03. The van der Waals surface area contributed by atoms with Crippen LogP contribution in [0.15, 0.2) is 17.0 Å². The third-order valence-corrected chi connectivity index (χ3v) is 2.99. The molecule has 0 heterocycles. The van der Waals surface area contributed by atoms with Crippen LogP contribution >= 0.6 is 56.5 Å². The summed E-state index contributed by atoms with van der Waals surface area (Å²) in [6.07, 6.45) is 0. The third kappa shape index (κ3) is 2.67. The quantitative estimate of drug-likeness (QED) is 0.733. The van der Waals surface area contributed by atoms with Crippen LogP contribution in [0.3, 0.4) is 0 Å².